The lowest BCUT2D eigenvalue weighted by Crippen LogP contribution is -2.60. The van der Waals surface area contributed by atoms with Crippen LogP contribution in [0, 0.1) is 0 Å². The molecule has 1 aliphatic heterocycles. The number of unbranched alkanes of at least 4 members (excludes halogenated alkanes) is 21. The number of hydrogen-bond donors (Lipinski definition) is 4. The second kappa shape index (κ2) is 33.2. The van der Waals surface area contributed by atoms with Crippen LogP contribution in [-0.4, -0.2) is 96.0 Å². The van der Waals surface area contributed by atoms with Gasteiger partial charge in [0.25, 0.3) is 10.1 Å². The van der Waals surface area contributed by atoms with E-state index in [0.29, 0.717) is 12.8 Å². The Kier molecular flexibility index (Phi) is 30.9. The van der Waals surface area contributed by atoms with E-state index < -0.39 is 71.2 Å². The Balaban J connectivity index is 2.49. The lowest BCUT2D eigenvalue weighted by molar-refractivity contribution is -0.297. The van der Waals surface area contributed by atoms with Crippen molar-refractivity contribution in [3.8, 4) is 0 Å². The summed E-state index contributed by atoms with van der Waals surface area (Å²) in [5, 5.41) is 30.8. The highest BCUT2D eigenvalue weighted by Crippen LogP contribution is 2.24. The van der Waals surface area contributed by atoms with Gasteiger partial charge in [0, 0.05) is 12.8 Å². The van der Waals surface area contributed by atoms with E-state index in [1.54, 1.807) is 0 Å². The minimum absolute atomic E-state index is 0.164. The SMILES string of the molecule is CCCCCCCC=C=CCCCCCCCC(=O)OC[C@H](CO[C@H]1O[C@H](CS(=O)(=O)O)[C@@H](O)C(O)C1O)OC(=O)CCCCCCCCCCCCCC. The fraction of sp³-hybridized carbons (Fsp3) is 0.881. The normalized spacial score (nSPS) is 20.4. The molecule has 1 heterocycles. The summed E-state index contributed by atoms with van der Waals surface area (Å²) >= 11 is 0. The van der Waals surface area contributed by atoms with Gasteiger partial charge in [-0.2, -0.15) is 8.42 Å². The van der Waals surface area contributed by atoms with Crippen LogP contribution in [0.4, 0.5) is 0 Å². The van der Waals surface area contributed by atoms with Crippen LogP contribution in [0.5, 0.6) is 0 Å². The quantitative estimate of drug-likeness (QED) is 0.0209. The molecule has 0 aromatic rings. The molecule has 0 spiro atoms. The largest absolute Gasteiger partial charge is 0.462 e. The number of rotatable bonds is 35. The highest BCUT2D eigenvalue weighted by molar-refractivity contribution is 7.85. The molecule has 12 nitrogen and oxygen atoms in total. The first-order chi connectivity index (χ1) is 26.5. The number of hydrogen-bond acceptors (Lipinski definition) is 11. The molecule has 1 rings (SSSR count). The Bertz CT molecular complexity index is 1140. The van der Waals surface area contributed by atoms with Crippen LogP contribution in [0.15, 0.2) is 17.9 Å². The maximum atomic E-state index is 12.8. The zero-order valence-electron chi connectivity index (χ0n) is 34.1. The Morgan fingerprint density at radius 2 is 1.09 bits per heavy atom. The van der Waals surface area contributed by atoms with Gasteiger partial charge in [-0.1, -0.05) is 129 Å². The maximum Gasteiger partial charge on any atom is 0.306 e. The number of carbonyl (C=O) groups excluding carboxylic acids is 2. The van der Waals surface area contributed by atoms with Gasteiger partial charge in [0.1, 0.15) is 36.8 Å². The van der Waals surface area contributed by atoms with Gasteiger partial charge in [-0.15, -0.1) is 5.73 Å². The third-order valence-electron chi connectivity index (χ3n) is 9.87. The minimum atomic E-state index is -4.60. The van der Waals surface area contributed by atoms with E-state index in [2.05, 4.69) is 31.7 Å². The second-order valence-corrected chi connectivity index (χ2v) is 16.6. The maximum absolute atomic E-state index is 12.8. The standard InChI is InChI=1S/C42H76O12S/c1-3-5-7-9-11-13-15-17-18-19-21-22-24-26-28-30-37(43)51-32-35(33-52-42-41(47)40(46)39(45)36(54-42)34-55(48,49)50)53-38(44)31-29-27-25-23-20-16-14-12-10-8-6-4-2/h15,18,35-36,39-42,45-47H,3-14,16,19-34H2,1-2H3,(H,48,49,50)/t17?,35-,36-,39-,40?,41?,42+/m1/s1. The Morgan fingerprint density at radius 3 is 1.58 bits per heavy atom. The molecular formula is C42H76O12S. The number of aliphatic hydroxyl groups excluding tert-OH is 3. The van der Waals surface area contributed by atoms with Crippen LogP contribution < -0.4 is 0 Å². The molecule has 1 fully saturated rings. The van der Waals surface area contributed by atoms with Gasteiger partial charge in [0.2, 0.25) is 0 Å². The van der Waals surface area contributed by atoms with Gasteiger partial charge in [0.15, 0.2) is 12.4 Å². The number of esters is 2. The van der Waals surface area contributed by atoms with Crippen LogP contribution in [-0.2, 0) is 38.7 Å². The third-order valence-corrected chi connectivity index (χ3v) is 10.6. The number of allylic oxidation sites excluding steroid dienone is 1. The van der Waals surface area contributed by atoms with Crippen molar-refractivity contribution in [2.45, 2.75) is 218 Å². The smallest absolute Gasteiger partial charge is 0.306 e. The predicted octanol–water partition coefficient (Wildman–Crippen LogP) is 8.05. The highest BCUT2D eigenvalue weighted by Gasteiger charge is 2.46. The van der Waals surface area contributed by atoms with Gasteiger partial charge < -0.3 is 34.3 Å². The summed E-state index contributed by atoms with van der Waals surface area (Å²) in [7, 11) is -4.60. The van der Waals surface area contributed by atoms with Crippen LogP contribution in [0.1, 0.15) is 181 Å². The number of carbonyl (C=O) groups is 2. The van der Waals surface area contributed by atoms with Crippen molar-refractivity contribution in [2.24, 2.45) is 0 Å². The average Bonchev–Trinajstić information content (AvgIpc) is 3.14. The summed E-state index contributed by atoms with van der Waals surface area (Å²) in [6.45, 7) is 3.71. The number of aliphatic hydroxyl groups is 3. The predicted molar refractivity (Wildman–Crippen MR) is 214 cm³/mol. The summed E-state index contributed by atoms with van der Waals surface area (Å²) in [6.07, 6.45) is 21.8. The Morgan fingerprint density at radius 1 is 0.636 bits per heavy atom. The van der Waals surface area contributed by atoms with Gasteiger partial charge in [-0.3, -0.25) is 14.1 Å². The van der Waals surface area contributed by atoms with E-state index in [-0.39, 0.29) is 19.4 Å². The van der Waals surface area contributed by atoms with E-state index in [1.165, 1.54) is 83.5 Å². The van der Waals surface area contributed by atoms with Gasteiger partial charge in [-0.05, 0) is 50.7 Å². The summed E-state index contributed by atoms with van der Waals surface area (Å²) < 4.78 is 53.9. The van der Waals surface area contributed by atoms with E-state index in [9.17, 15) is 37.9 Å². The molecule has 0 aromatic carbocycles. The molecule has 4 N–H and O–H groups in total. The van der Waals surface area contributed by atoms with Crippen molar-refractivity contribution in [3.63, 3.8) is 0 Å². The van der Waals surface area contributed by atoms with E-state index in [1.807, 2.05) is 0 Å². The molecule has 0 radical (unpaired) electrons. The van der Waals surface area contributed by atoms with Crippen molar-refractivity contribution in [1.82, 2.24) is 0 Å². The van der Waals surface area contributed by atoms with Crippen molar-refractivity contribution in [1.29, 1.82) is 0 Å². The van der Waals surface area contributed by atoms with Crippen molar-refractivity contribution in [3.05, 3.63) is 17.9 Å². The van der Waals surface area contributed by atoms with Gasteiger partial charge in [0.05, 0.1) is 6.61 Å². The average molecular weight is 805 g/mol. The van der Waals surface area contributed by atoms with Crippen molar-refractivity contribution in [2.75, 3.05) is 19.0 Å². The molecule has 0 bridgehead atoms. The first-order valence-corrected chi connectivity index (χ1v) is 23.1. The fourth-order valence-electron chi connectivity index (χ4n) is 6.48. The van der Waals surface area contributed by atoms with Crippen LogP contribution in [0.2, 0.25) is 0 Å². The van der Waals surface area contributed by atoms with E-state index in [0.717, 1.165) is 57.8 Å². The van der Waals surface area contributed by atoms with Crippen LogP contribution in [0.25, 0.3) is 0 Å². The molecule has 0 aliphatic carbocycles. The lowest BCUT2D eigenvalue weighted by Gasteiger charge is -2.40. The third kappa shape index (κ3) is 28.3. The first kappa shape index (κ1) is 51.2. The fourth-order valence-corrected chi connectivity index (χ4v) is 7.17. The van der Waals surface area contributed by atoms with Crippen LogP contribution in [0.3, 0.4) is 0 Å². The topological polar surface area (TPSA) is 186 Å². The molecule has 13 heteroatoms. The molecule has 1 aliphatic rings. The molecule has 2 unspecified atom stereocenters. The molecule has 6 atom stereocenters. The monoisotopic (exact) mass is 805 g/mol. The second-order valence-electron chi connectivity index (χ2n) is 15.1. The molecular weight excluding hydrogens is 729 g/mol. The molecule has 0 saturated carbocycles. The Labute approximate surface area is 332 Å². The van der Waals surface area contributed by atoms with Crippen LogP contribution >= 0.6 is 0 Å². The van der Waals surface area contributed by atoms with Gasteiger partial charge >= 0.3 is 11.9 Å². The Hall–Kier alpha value is -1.83. The van der Waals surface area contributed by atoms with E-state index >= 15 is 0 Å². The zero-order valence-corrected chi connectivity index (χ0v) is 34.9. The van der Waals surface area contributed by atoms with E-state index in [4.69, 9.17) is 18.9 Å². The minimum Gasteiger partial charge on any atom is -0.462 e. The van der Waals surface area contributed by atoms with Gasteiger partial charge in [-0.25, -0.2) is 0 Å². The zero-order chi connectivity index (χ0) is 40.6. The molecule has 1 saturated heterocycles. The first-order valence-electron chi connectivity index (χ1n) is 21.5. The van der Waals surface area contributed by atoms with Crippen molar-refractivity contribution >= 4 is 22.1 Å². The molecule has 0 aromatic heterocycles. The highest BCUT2D eigenvalue weighted by atomic mass is 32.2. The molecule has 55 heavy (non-hydrogen) atoms. The lowest BCUT2D eigenvalue weighted by atomic mass is 10.00. The van der Waals surface area contributed by atoms with Crippen molar-refractivity contribution < 1.29 is 56.8 Å². The summed E-state index contributed by atoms with van der Waals surface area (Å²) in [5.41, 5.74) is 3.28. The summed E-state index contributed by atoms with van der Waals surface area (Å²) in [4.78, 5) is 25.3. The summed E-state index contributed by atoms with van der Waals surface area (Å²) in [5.74, 6) is -2.00. The molecule has 322 valence electrons. The molecule has 0 amide bonds. The summed E-state index contributed by atoms with van der Waals surface area (Å²) in [6, 6.07) is 0. The number of ether oxygens (including phenoxy) is 4.